The van der Waals surface area contributed by atoms with E-state index in [0.717, 1.165) is 36.2 Å². The maximum Gasteiger partial charge on any atom is 0.123 e. The van der Waals surface area contributed by atoms with Gasteiger partial charge in [-0.3, -0.25) is 0 Å². The molecule has 0 saturated heterocycles. The Morgan fingerprint density at radius 1 is 1.29 bits per heavy atom. The van der Waals surface area contributed by atoms with E-state index in [-0.39, 0.29) is 0 Å². The highest BCUT2D eigenvalue weighted by Crippen LogP contribution is 2.22. The molecule has 0 spiro atoms. The Bertz CT molecular complexity index is 339. The third-order valence-electron chi connectivity index (χ3n) is 2.53. The maximum atomic E-state index is 5.77. The zero-order valence-electron chi connectivity index (χ0n) is 10.9. The molecular formula is C14H22BrNO. The second-order valence-electron chi connectivity index (χ2n) is 4.57. The summed E-state index contributed by atoms with van der Waals surface area (Å²) in [7, 11) is 0. The number of hydrogen-bond acceptors (Lipinski definition) is 2. The van der Waals surface area contributed by atoms with Crippen molar-refractivity contribution in [1.29, 1.82) is 0 Å². The van der Waals surface area contributed by atoms with E-state index in [1.54, 1.807) is 0 Å². The summed E-state index contributed by atoms with van der Waals surface area (Å²) in [4.78, 5) is 0. The van der Waals surface area contributed by atoms with Crippen LogP contribution in [0.1, 0.15) is 32.3 Å². The van der Waals surface area contributed by atoms with Gasteiger partial charge >= 0.3 is 0 Å². The summed E-state index contributed by atoms with van der Waals surface area (Å²) >= 11 is 3.46. The average molecular weight is 300 g/mol. The Labute approximate surface area is 113 Å². The first-order valence-electron chi connectivity index (χ1n) is 6.22. The molecule has 0 saturated carbocycles. The minimum absolute atomic E-state index is 0.572. The first kappa shape index (κ1) is 14.5. The van der Waals surface area contributed by atoms with Gasteiger partial charge in [0.1, 0.15) is 5.75 Å². The molecule has 2 nitrogen and oxygen atoms in total. The van der Waals surface area contributed by atoms with Crippen molar-refractivity contribution in [3.05, 3.63) is 28.2 Å². The molecule has 96 valence electrons. The molecule has 1 aromatic carbocycles. The van der Waals surface area contributed by atoms with Crippen LogP contribution in [0.25, 0.3) is 0 Å². The van der Waals surface area contributed by atoms with Gasteiger partial charge < -0.3 is 10.1 Å². The number of rotatable bonds is 7. The molecule has 1 aromatic rings. The second kappa shape index (κ2) is 7.72. The normalized spacial score (nSPS) is 10.9. The van der Waals surface area contributed by atoms with Crippen molar-refractivity contribution >= 4 is 15.9 Å². The minimum atomic E-state index is 0.572. The van der Waals surface area contributed by atoms with E-state index in [0.29, 0.717) is 6.04 Å². The number of hydrogen-bond donors (Lipinski definition) is 1. The van der Waals surface area contributed by atoms with Crippen LogP contribution >= 0.6 is 15.9 Å². The first-order valence-corrected chi connectivity index (χ1v) is 7.01. The molecule has 0 aliphatic rings. The van der Waals surface area contributed by atoms with Gasteiger partial charge in [-0.1, -0.05) is 35.8 Å². The molecule has 0 heterocycles. The van der Waals surface area contributed by atoms with Gasteiger partial charge in [-0.15, -0.1) is 0 Å². The quantitative estimate of drug-likeness (QED) is 0.771. The molecule has 1 N–H and O–H groups in total. The molecule has 0 fully saturated rings. The van der Waals surface area contributed by atoms with Crippen molar-refractivity contribution < 1.29 is 4.74 Å². The molecule has 0 aliphatic carbocycles. The molecule has 17 heavy (non-hydrogen) atoms. The van der Waals surface area contributed by atoms with Crippen LogP contribution in [-0.4, -0.2) is 19.2 Å². The Balaban J connectivity index is 2.20. The van der Waals surface area contributed by atoms with Crippen LogP contribution in [0.15, 0.2) is 22.7 Å². The topological polar surface area (TPSA) is 21.3 Å². The van der Waals surface area contributed by atoms with Gasteiger partial charge in [-0.05, 0) is 44.0 Å². The Hall–Kier alpha value is -0.540. The molecule has 1 rings (SSSR count). The number of nitrogens with one attached hydrogen (secondary N) is 1. The fraction of sp³-hybridized carbons (Fsp3) is 0.571. The summed E-state index contributed by atoms with van der Waals surface area (Å²) in [6, 6.07) is 6.71. The van der Waals surface area contributed by atoms with Crippen molar-refractivity contribution in [1.82, 2.24) is 5.32 Å². The lowest BCUT2D eigenvalue weighted by atomic mass is 10.2. The largest absolute Gasteiger partial charge is 0.493 e. The number of unbranched alkanes of at least 4 members (excludes halogenated alkanes) is 1. The van der Waals surface area contributed by atoms with Gasteiger partial charge in [0, 0.05) is 10.5 Å². The molecule has 0 radical (unpaired) electrons. The fourth-order valence-electron chi connectivity index (χ4n) is 1.53. The van der Waals surface area contributed by atoms with Gasteiger partial charge in [0.05, 0.1) is 6.61 Å². The number of ether oxygens (including phenoxy) is 1. The Morgan fingerprint density at radius 2 is 2.06 bits per heavy atom. The van der Waals surface area contributed by atoms with E-state index < -0.39 is 0 Å². The van der Waals surface area contributed by atoms with E-state index in [9.17, 15) is 0 Å². The van der Waals surface area contributed by atoms with E-state index >= 15 is 0 Å². The first-order chi connectivity index (χ1) is 8.09. The SMILES string of the molecule is Cc1ccc(Br)cc1OCCCCNC(C)C. The van der Waals surface area contributed by atoms with Gasteiger partial charge in [-0.2, -0.15) is 0 Å². The zero-order valence-corrected chi connectivity index (χ0v) is 12.5. The average Bonchev–Trinajstić information content (AvgIpc) is 2.27. The lowest BCUT2D eigenvalue weighted by Gasteiger charge is -2.10. The lowest BCUT2D eigenvalue weighted by molar-refractivity contribution is 0.303. The van der Waals surface area contributed by atoms with Crippen LogP contribution < -0.4 is 10.1 Å². The molecular weight excluding hydrogens is 278 g/mol. The van der Waals surface area contributed by atoms with Crippen molar-refractivity contribution in [3.63, 3.8) is 0 Å². The Morgan fingerprint density at radius 3 is 2.76 bits per heavy atom. The van der Waals surface area contributed by atoms with Crippen LogP contribution in [0, 0.1) is 6.92 Å². The van der Waals surface area contributed by atoms with Crippen LogP contribution in [0.4, 0.5) is 0 Å². The van der Waals surface area contributed by atoms with Gasteiger partial charge in [0.25, 0.3) is 0 Å². The molecule has 0 atom stereocenters. The third kappa shape index (κ3) is 6.08. The maximum absolute atomic E-state index is 5.77. The van der Waals surface area contributed by atoms with Gasteiger partial charge in [0.15, 0.2) is 0 Å². The summed E-state index contributed by atoms with van der Waals surface area (Å²) in [6.07, 6.45) is 2.25. The summed E-state index contributed by atoms with van der Waals surface area (Å²) in [6.45, 7) is 8.26. The zero-order chi connectivity index (χ0) is 12.7. The highest BCUT2D eigenvalue weighted by Gasteiger charge is 2.00. The summed E-state index contributed by atoms with van der Waals surface area (Å²) in [5.74, 6) is 0.983. The molecule has 0 aliphatic heterocycles. The van der Waals surface area contributed by atoms with E-state index in [1.165, 1.54) is 5.56 Å². The van der Waals surface area contributed by atoms with Crippen molar-refractivity contribution in [2.75, 3.05) is 13.2 Å². The molecule has 3 heteroatoms. The van der Waals surface area contributed by atoms with Crippen LogP contribution in [0.5, 0.6) is 5.75 Å². The third-order valence-corrected chi connectivity index (χ3v) is 3.02. The highest BCUT2D eigenvalue weighted by molar-refractivity contribution is 9.10. The van der Waals surface area contributed by atoms with E-state index in [1.807, 2.05) is 12.1 Å². The van der Waals surface area contributed by atoms with E-state index in [4.69, 9.17) is 4.74 Å². The predicted molar refractivity (Wildman–Crippen MR) is 76.7 cm³/mol. The van der Waals surface area contributed by atoms with Crippen molar-refractivity contribution in [3.8, 4) is 5.75 Å². The smallest absolute Gasteiger partial charge is 0.123 e. The molecule has 0 bridgehead atoms. The van der Waals surface area contributed by atoms with Crippen LogP contribution in [0.3, 0.4) is 0 Å². The van der Waals surface area contributed by atoms with Crippen molar-refractivity contribution in [2.45, 2.75) is 39.7 Å². The monoisotopic (exact) mass is 299 g/mol. The standard InChI is InChI=1S/C14H22BrNO/c1-11(2)16-8-4-5-9-17-14-10-13(15)7-6-12(14)3/h6-7,10-11,16H,4-5,8-9H2,1-3H3. The molecule has 0 aromatic heterocycles. The predicted octanol–water partition coefficient (Wildman–Crippen LogP) is 3.91. The summed E-state index contributed by atoms with van der Waals surface area (Å²) in [5.41, 5.74) is 1.19. The summed E-state index contributed by atoms with van der Waals surface area (Å²) in [5, 5.41) is 3.40. The van der Waals surface area contributed by atoms with Gasteiger partial charge in [-0.25, -0.2) is 0 Å². The number of benzene rings is 1. The molecule has 0 unspecified atom stereocenters. The highest BCUT2D eigenvalue weighted by atomic mass is 79.9. The Kier molecular flexibility index (Phi) is 6.60. The van der Waals surface area contributed by atoms with Crippen LogP contribution in [0.2, 0.25) is 0 Å². The number of halogens is 1. The van der Waals surface area contributed by atoms with Gasteiger partial charge in [0.2, 0.25) is 0 Å². The minimum Gasteiger partial charge on any atom is -0.493 e. The van der Waals surface area contributed by atoms with Crippen molar-refractivity contribution in [2.24, 2.45) is 0 Å². The van der Waals surface area contributed by atoms with Crippen LogP contribution in [-0.2, 0) is 0 Å². The number of aryl methyl sites for hydroxylation is 1. The molecule has 0 amide bonds. The lowest BCUT2D eigenvalue weighted by Crippen LogP contribution is -2.23. The summed E-state index contributed by atoms with van der Waals surface area (Å²) < 4.78 is 6.84. The van der Waals surface area contributed by atoms with E-state index in [2.05, 4.69) is 48.1 Å². The second-order valence-corrected chi connectivity index (χ2v) is 5.49. The fourth-order valence-corrected chi connectivity index (χ4v) is 1.87.